The Balaban J connectivity index is 1.55. The van der Waals surface area contributed by atoms with Gasteiger partial charge < -0.3 is 0 Å². The first kappa shape index (κ1) is 10.2. The van der Waals surface area contributed by atoms with Crippen LogP contribution in [0.15, 0.2) is 30.3 Å². The van der Waals surface area contributed by atoms with Crippen LogP contribution in [0.2, 0.25) is 0 Å². The van der Waals surface area contributed by atoms with Crippen LogP contribution in [0.4, 0.5) is 0 Å². The third kappa shape index (κ3) is 1.73. The Labute approximate surface area is 104 Å². The average molecular weight is 225 g/mol. The monoisotopic (exact) mass is 225 g/mol. The molecule has 4 saturated carbocycles. The molecular formula is C17H21. The molecule has 0 saturated heterocycles. The molecule has 1 radical (unpaired) electrons. The first-order valence-corrected chi connectivity index (χ1v) is 7.27. The molecule has 0 spiro atoms. The fraction of sp³-hybridized carbons (Fsp3) is 0.588. The molecule has 1 aromatic carbocycles. The summed E-state index contributed by atoms with van der Waals surface area (Å²) < 4.78 is 0. The molecule has 1 aromatic rings. The van der Waals surface area contributed by atoms with Crippen molar-refractivity contribution < 1.29 is 0 Å². The van der Waals surface area contributed by atoms with Gasteiger partial charge in [-0.05, 0) is 73.7 Å². The van der Waals surface area contributed by atoms with Gasteiger partial charge in [0, 0.05) is 0 Å². The quantitative estimate of drug-likeness (QED) is 0.705. The molecule has 4 bridgehead atoms. The van der Waals surface area contributed by atoms with Crippen LogP contribution in [0, 0.1) is 29.6 Å². The highest BCUT2D eigenvalue weighted by molar-refractivity contribution is 5.21. The Hall–Kier alpha value is -0.780. The van der Waals surface area contributed by atoms with Crippen molar-refractivity contribution in [3.63, 3.8) is 0 Å². The van der Waals surface area contributed by atoms with E-state index >= 15 is 0 Å². The van der Waals surface area contributed by atoms with Crippen LogP contribution in [0.3, 0.4) is 0 Å². The van der Waals surface area contributed by atoms with E-state index in [4.69, 9.17) is 0 Å². The van der Waals surface area contributed by atoms with E-state index < -0.39 is 0 Å². The van der Waals surface area contributed by atoms with Crippen molar-refractivity contribution in [2.45, 2.75) is 38.5 Å². The van der Waals surface area contributed by atoms with E-state index in [1.807, 2.05) is 5.92 Å². The number of hydrogen-bond donors (Lipinski definition) is 0. The minimum atomic E-state index is 0.935. The predicted molar refractivity (Wildman–Crippen MR) is 70.4 cm³/mol. The van der Waals surface area contributed by atoms with Crippen LogP contribution in [0.5, 0.6) is 0 Å². The van der Waals surface area contributed by atoms with Crippen LogP contribution < -0.4 is 0 Å². The molecule has 4 fully saturated rings. The molecule has 89 valence electrons. The first-order chi connectivity index (χ1) is 8.38. The smallest absolute Gasteiger partial charge is 0.0199 e. The Morgan fingerprint density at radius 3 is 2.24 bits per heavy atom. The van der Waals surface area contributed by atoms with E-state index in [2.05, 4.69) is 30.3 Å². The van der Waals surface area contributed by atoms with E-state index in [1.165, 1.54) is 32.1 Å². The predicted octanol–water partition coefficient (Wildman–Crippen LogP) is 4.26. The normalized spacial score (nSPS) is 39.8. The van der Waals surface area contributed by atoms with E-state index in [0.29, 0.717) is 0 Å². The van der Waals surface area contributed by atoms with E-state index in [0.717, 1.165) is 23.7 Å². The summed E-state index contributed by atoms with van der Waals surface area (Å²) in [5.74, 6) is 6.07. The molecule has 17 heavy (non-hydrogen) atoms. The standard InChI is InChI=1S/C17H21/c1-2-4-12(5-3-1)11-17-15-7-13-6-14(9-15)10-16(17)8-13/h1-5,13-15,17H,6-11H2. The minimum Gasteiger partial charge on any atom is -0.0622 e. The van der Waals surface area contributed by atoms with Crippen molar-refractivity contribution in [3.05, 3.63) is 41.8 Å². The lowest BCUT2D eigenvalue weighted by atomic mass is 9.51. The van der Waals surface area contributed by atoms with Crippen LogP contribution >= 0.6 is 0 Å². The van der Waals surface area contributed by atoms with E-state index in [1.54, 1.807) is 12.0 Å². The van der Waals surface area contributed by atoms with Gasteiger partial charge in [-0.25, -0.2) is 0 Å². The lowest BCUT2D eigenvalue weighted by Gasteiger charge is -2.54. The van der Waals surface area contributed by atoms with Crippen molar-refractivity contribution in [2.24, 2.45) is 23.7 Å². The summed E-state index contributed by atoms with van der Waals surface area (Å²) in [4.78, 5) is 0. The average Bonchev–Trinajstić information content (AvgIpc) is 2.34. The highest BCUT2D eigenvalue weighted by Gasteiger charge is 2.48. The van der Waals surface area contributed by atoms with Crippen molar-refractivity contribution in [1.29, 1.82) is 0 Å². The summed E-state index contributed by atoms with van der Waals surface area (Å²) in [6.07, 6.45) is 8.91. The topological polar surface area (TPSA) is 0 Å². The lowest BCUT2D eigenvalue weighted by molar-refractivity contribution is 0.0426. The molecule has 0 heterocycles. The third-order valence-corrected chi connectivity index (χ3v) is 5.43. The summed E-state index contributed by atoms with van der Waals surface area (Å²) in [5, 5.41) is 0. The van der Waals surface area contributed by atoms with Crippen molar-refractivity contribution in [1.82, 2.24) is 0 Å². The molecule has 0 nitrogen and oxygen atoms in total. The molecule has 0 amide bonds. The fourth-order valence-electron chi connectivity index (χ4n) is 4.92. The van der Waals surface area contributed by atoms with Crippen molar-refractivity contribution in [3.8, 4) is 0 Å². The maximum atomic E-state index is 2.31. The maximum Gasteiger partial charge on any atom is -0.0199 e. The van der Waals surface area contributed by atoms with Gasteiger partial charge in [-0.2, -0.15) is 0 Å². The molecule has 3 atom stereocenters. The van der Waals surface area contributed by atoms with Crippen molar-refractivity contribution in [2.75, 3.05) is 0 Å². The number of benzene rings is 1. The molecule has 0 N–H and O–H groups in total. The largest absolute Gasteiger partial charge is 0.0622 e. The van der Waals surface area contributed by atoms with Gasteiger partial charge in [0.25, 0.3) is 0 Å². The summed E-state index contributed by atoms with van der Waals surface area (Å²) in [6, 6.07) is 11.1. The zero-order valence-electron chi connectivity index (χ0n) is 10.4. The molecular weight excluding hydrogens is 204 g/mol. The van der Waals surface area contributed by atoms with Gasteiger partial charge in [-0.1, -0.05) is 30.3 Å². The second-order valence-corrected chi connectivity index (χ2v) is 6.56. The second-order valence-electron chi connectivity index (χ2n) is 6.56. The number of rotatable bonds is 2. The molecule has 4 aliphatic carbocycles. The van der Waals surface area contributed by atoms with Gasteiger partial charge in [0.1, 0.15) is 0 Å². The van der Waals surface area contributed by atoms with Gasteiger partial charge >= 0.3 is 0 Å². The fourth-order valence-corrected chi connectivity index (χ4v) is 4.92. The molecule has 4 aliphatic rings. The third-order valence-electron chi connectivity index (χ3n) is 5.43. The molecule has 5 rings (SSSR count). The van der Waals surface area contributed by atoms with Crippen LogP contribution in [0.25, 0.3) is 0 Å². The van der Waals surface area contributed by atoms with Gasteiger partial charge in [-0.15, -0.1) is 0 Å². The second kappa shape index (κ2) is 3.86. The summed E-state index contributed by atoms with van der Waals surface area (Å²) in [7, 11) is 0. The van der Waals surface area contributed by atoms with Crippen LogP contribution in [-0.4, -0.2) is 0 Å². The zero-order chi connectivity index (χ0) is 11.2. The highest BCUT2D eigenvalue weighted by Crippen LogP contribution is 2.58. The minimum absolute atomic E-state index is 0.935. The molecule has 0 aromatic heterocycles. The highest BCUT2D eigenvalue weighted by atomic mass is 14.5. The molecule has 0 aliphatic heterocycles. The zero-order valence-corrected chi connectivity index (χ0v) is 10.4. The maximum absolute atomic E-state index is 2.31. The summed E-state index contributed by atoms with van der Waals surface area (Å²) >= 11 is 0. The Morgan fingerprint density at radius 2 is 1.59 bits per heavy atom. The van der Waals surface area contributed by atoms with Gasteiger partial charge in [-0.3, -0.25) is 0 Å². The SMILES string of the molecule is c1ccc(CC2[C]3CC4CC(C3)CC2C4)cc1. The van der Waals surface area contributed by atoms with Gasteiger partial charge in [0.15, 0.2) is 0 Å². The van der Waals surface area contributed by atoms with Crippen molar-refractivity contribution >= 4 is 0 Å². The summed E-state index contributed by atoms with van der Waals surface area (Å²) in [5.41, 5.74) is 1.55. The first-order valence-electron chi connectivity index (χ1n) is 7.27. The number of hydrogen-bond acceptors (Lipinski definition) is 0. The Bertz CT molecular complexity index is 364. The van der Waals surface area contributed by atoms with Crippen LogP contribution in [-0.2, 0) is 6.42 Å². The van der Waals surface area contributed by atoms with Gasteiger partial charge in [0.2, 0.25) is 0 Å². The van der Waals surface area contributed by atoms with Gasteiger partial charge in [0.05, 0.1) is 0 Å². The Kier molecular flexibility index (Phi) is 2.31. The summed E-state index contributed by atoms with van der Waals surface area (Å²) in [6.45, 7) is 0. The van der Waals surface area contributed by atoms with E-state index in [-0.39, 0.29) is 0 Å². The molecule has 3 unspecified atom stereocenters. The van der Waals surface area contributed by atoms with E-state index in [9.17, 15) is 0 Å². The lowest BCUT2D eigenvalue weighted by Crippen LogP contribution is -2.44. The Morgan fingerprint density at radius 1 is 0.882 bits per heavy atom. The molecule has 0 heteroatoms. The van der Waals surface area contributed by atoms with Crippen LogP contribution in [0.1, 0.15) is 37.7 Å².